The number of hydrogen-bond donors (Lipinski definition) is 2. The summed E-state index contributed by atoms with van der Waals surface area (Å²) >= 11 is 0. The topological polar surface area (TPSA) is 85.8 Å². The largest absolute Gasteiger partial charge is 0.350 e. The Bertz CT molecular complexity index is 447. The molecule has 0 aromatic carbocycles. The molecule has 1 aromatic rings. The Morgan fingerprint density at radius 1 is 1.56 bits per heavy atom. The van der Waals surface area contributed by atoms with Crippen LogP contribution in [-0.2, 0) is 6.54 Å². The predicted octanol–water partition coefficient (Wildman–Crippen LogP) is 0.157. The highest BCUT2D eigenvalue weighted by atomic mass is 16.2. The van der Waals surface area contributed by atoms with Crippen molar-refractivity contribution in [2.75, 3.05) is 13.1 Å². The quantitative estimate of drug-likeness (QED) is 0.752. The summed E-state index contributed by atoms with van der Waals surface area (Å²) in [6.45, 7) is 1.88. The Balaban J connectivity index is 1.54. The molecule has 0 unspecified atom stereocenters. The van der Waals surface area contributed by atoms with Crippen LogP contribution in [0.15, 0.2) is 6.20 Å². The van der Waals surface area contributed by atoms with Gasteiger partial charge in [-0.25, -0.2) is 0 Å². The summed E-state index contributed by atoms with van der Waals surface area (Å²) in [4.78, 5) is 11.9. The van der Waals surface area contributed by atoms with E-state index in [1.54, 1.807) is 10.9 Å². The lowest BCUT2D eigenvalue weighted by molar-refractivity contribution is 0.0937. The molecule has 0 atom stereocenters. The van der Waals surface area contributed by atoms with Crippen LogP contribution < -0.4 is 11.1 Å². The molecule has 18 heavy (non-hydrogen) atoms. The van der Waals surface area contributed by atoms with Crippen LogP contribution in [0.5, 0.6) is 0 Å². The van der Waals surface area contributed by atoms with E-state index in [1.165, 1.54) is 25.7 Å². The van der Waals surface area contributed by atoms with Crippen molar-refractivity contribution in [3.63, 3.8) is 0 Å². The lowest BCUT2D eigenvalue weighted by atomic mass is 10.0. The van der Waals surface area contributed by atoms with Gasteiger partial charge in [-0.15, -0.1) is 5.10 Å². The molecule has 1 heterocycles. The van der Waals surface area contributed by atoms with Crippen LogP contribution in [0.25, 0.3) is 0 Å². The number of nitrogens with one attached hydrogen (secondary N) is 1. The van der Waals surface area contributed by atoms with E-state index in [-0.39, 0.29) is 5.91 Å². The van der Waals surface area contributed by atoms with E-state index in [1.807, 2.05) is 0 Å². The second-order valence-corrected chi connectivity index (χ2v) is 5.47. The molecule has 2 fully saturated rings. The highest BCUT2D eigenvalue weighted by molar-refractivity contribution is 5.91. The molecular formula is C12H19N5O. The minimum atomic E-state index is -0.120. The zero-order chi connectivity index (χ0) is 12.6. The summed E-state index contributed by atoms with van der Waals surface area (Å²) in [5, 5.41) is 10.7. The SMILES string of the molecule is NCCn1cc(C(=O)NCC2(C3CC3)CC2)nn1. The molecule has 0 bridgehead atoms. The molecule has 2 aliphatic rings. The molecule has 2 aliphatic carbocycles. The van der Waals surface area contributed by atoms with E-state index >= 15 is 0 Å². The second kappa shape index (κ2) is 4.35. The monoisotopic (exact) mass is 249 g/mol. The Morgan fingerprint density at radius 2 is 2.33 bits per heavy atom. The Kier molecular flexibility index (Phi) is 2.81. The maximum atomic E-state index is 11.9. The third kappa shape index (κ3) is 2.25. The smallest absolute Gasteiger partial charge is 0.273 e. The van der Waals surface area contributed by atoms with Crippen molar-refractivity contribution >= 4 is 5.91 Å². The third-order valence-electron chi connectivity index (χ3n) is 4.07. The van der Waals surface area contributed by atoms with Crippen molar-refractivity contribution in [3.8, 4) is 0 Å². The van der Waals surface area contributed by atoms with E-state index in [0.29, 0.717) is 24.2 Å². The molecule has 6 nitrogen and oxygen atoms in total. The lowest BCUT2D eigenvalue weighted by Crippen LogP contribution is -2.31. The third-order valence-corrected chi connectivity index (χ3v) is 4.07. The van der Waals surface area contributed by atoms with Gasteiger partial charge in [0.1, 0.15) is 0 Å². The van der Waals surface area contributed by atoms with E-state index in [4.69, 9.17) is 5.73 Å². The van der Waals surface area contributed by atoms with Gasteiger partial charge in [-0.1, -0.05) is 5.21 Å². The maximum absolute atomic E-state index is 11.9. The molecule has 98 valence electrons. The average Bonchev–Trinajstić information content (AvgIpc) is 3.25. The van der Waals surface area contributed by atoms with Crippen molar-refractivity contribution in [1.29, 1.82) is 0 Å². The zero-order valence-electron chi connectivity index (χ0n) is 10.4. The minimum absolute atomic E-state index is 0.120. The van der Waals surface area contributed by atoms with Crippen LogP contribution in [0.1, 0.15) is 36.2 Å². The molecule has 3 N–H and O–H groups in total. The summed E-state index contributed by atoms with van der Waals surface area (Å²) in [6, 6.07) is 0. The number of aromatic nitrogens is 3. The number of carbonyl (C=O) groups is 1. The molecule has 2 saturated carbocycles. The van der Waals surface area contributed by atoms with Gasteiger partial charge in [0.2, 0.25) is 0 Å². The number of carbonyl (C=O) groups excluding carboxylic acids is 1. The minimum Gasteiger partial charge on any atom is -0.350 e. The molecule has 0 radical (unpaired) electrons. The van der Waals surface area contributed by atoms with E-state index < -0.39 is 0 Å². The Labute approximate surface area is 106 Å². The van der Waals surface area contributed by atoms with Crippen LogP contribution in [0, 0.1) is 11.3 Å². The highest BCUT2D eigenvalue weighted by Gasteiger charge is 2.53. The van der Waals surface area contributed by atoms with Gasteiger partial charge in [0.25, 0.3) is 5.91 Å². The summed E-state index contributed by atoms with van der Waals surface area (Å²) in [5.41, 5.74) is 6.22. The first-order chi connectivity index (χ1) is 8.73. The van der Waals surface area contributed by atoms with Crippen LogP contribution in [0.2, 0.25) is 0 Å². The van der Waals surface area contributed by atoms with Crippen molar-refractivity contribution in [2.24, 2.45) is 17.1 Å². The number of rotatable bonds is 6. The molecule has 6 heteroatoms. The van der Waals surface area contributed by atoms with Crippen molar-refractivity contribution in [1.82, 2.24) is 20.3 Å². The first-order valence-corrected chi connectivity index (χ1v) is 6.62. The Hall–Kier alpha value is -1.43. The number of nitrogens with zero attached hydrogens (tertiary/aromatic N) is 3. The van der Waals surface area contributed by atoms with Gasteiger partial charge >= 0.3 is 0 Å². The van der Waals surface area contributed by atoms with Gasteiger partial charge < -0.3 is 11.1 Å². The van der Waals surface area contributed by atoms with Crippen molar-refractivity contribution in [2.45, 2.75) is 32.2 Å². The van der Waals surface area contributed by atoms with Gasteiger partial charge in [0, 0.05) is 13.1 Å². The van der Waals surface area contributed by atoms with Crippen molar-refractivity contribution in [3.05, 3.63) is 11.9 Å². The number of amides is 1. The first kappa shape index (κ1) is 11.6. The summed E-state index contributed by atoms with van der Waals surface area (Å²) < 4.78 is 1.60. The van der Waals surface area contributed by atoms with Gasteiger partial charge in [0.05, 0.1) is 12.7 Å². The average molecular weight is 249 g/mol. The van der Waals surface area contributed by atoms with Crippen LogP contribution in [-0.4, -0.2) is 34.0 Å². The summed E-state index contributed by atoms with van der Waals surface area (Å²) in [6.07, 6.45) is 6.85. The summed E-state index contributed by atoms with van der Waals surface area (Å²) in [7, 11) is 0. The van der Waals surface area contributed by atoms with Crippen LogP contribution >= 0.6 is 0 Å². The molecule has 0 aliphatic heterocycles. The molecular weight excluding hydrogens is 230 g/mol. The van der Waals surface area contributed by atoms with E-state index in [9.17, 15) is 4.79 Å². The normalized spacial score (nSPS) is 20.7. The fourth-order valence-corrected chi connectivity index (χ4v) is 2.58. The second-order valence-electron chi connectivity index (χ2n) is 5.47. The van der Waals surface area contributed by atoms with Gasteiger partial charge in [-0.2, -0.15) is 0 Å². The van der Waals surface area contributed by atoms with Crippen LogP contribution in [0.4, 0.5) is 0 Å². The number of hydrogen-bond acceptors (Lipinski definition) is 4. The van der Waals surface area contributed by atoms with Crippen LogP contribution in [0.3, 0.4) is 0 Å². The standard InChI is InChI=1S/C12H19N5O/c13-5-6-17-7-10(15-16-17)11(18)14-8-12(3-4-12)9-1-2-9/h7,9H,1-6,8,13H2,(H,14,18). The number of nitrogens with two attached hydrogens (primary N) is 1. The molecule has 3 rings (SSSR count). The molecule has 0 saturated heterocycles. The summed E-state index contributed by atoms with van der Waals surface area (Å²) in [5.74, 6) is 0.732. The maximum Gasteiger partial charge on any atom is 0.273 e. The van der Waals surface area contributed by atoms with Crippen molar-refractivity contribution < 1.29 is 4.79 Å². The molecule has 0 spiro atoms. The van der Waals surface area contributed by atoms with Gasteiger partial charge in [-0.05, 0) is 37.0 Å². The molecule has 1 amide bonds. The lowest BCUT2D eigenvalue weighted by Gasteiger charge is -2.13. The predicted molar refractivity (Wildman–Crippen MR) is 65.8 cm³/mol. The molecule has 1 aromatic heterocycles. The highest BCUT2D eigenvalue weighted by Crippen LogP contribution is 2.60. The Morgan fingerprint density at radius 3 is 2.94 bits per heavy atom. The zero-order valence-corrected chi connectivity index (χ0v) is 10.4. The van der Waals surface area contributed by atoms with E-state index in [0.717, 1.165) is 12.5 Å². The van der Waals surface area contributed by atoms with Gasteiger partial charge in [0.15, 0.2) is 5.69 Å². The fraction of sp³-hybridized carbons (Fsp3) is 0.750. The fourth-order valence-electron chi connectivity index (χ4n) is 2.58. The first-order valence-electron chi connectivity index (χ1n) is 6.62. The van der Waals surface area contributed by atoms with Gasteiger partial charge in [-0.3, -0.25) is 9.48 Å². The van der Waals surface area contributed by atoms with E-state index in [2.05, 4.69) is 15.6 Å².